The maximum atomic E-state index is 11.3. The molecule has 0 aliphatic rings. The van der Waals surface area contributed by atoms with Crippen molar-refractivity contribution in [3.05, 3.63) is 17.2 Å². The molecule has 0 radical (unpaired) electrons. The minimum absolute atomic E-state index is 0.133. The van der Waals surface area contributed by atoms with E-state index in [2.05, 4.69) is 5.32 Å². The van der Waals surface area contributed by atoms with Crippen LogP contribution in [-0.4, -0.2) is 22.2 Å². The molecule has 1 aromatic carbocycles. The Morgan fingerprint density at radius 1 is 1.29 bits per heavy atom. The van der Waals surface area contributed by atoms with E-state index in [9.17, 15) is 15.0 Å². The zero-order chi connectivity index (χ0) is 13.2. The highest BCUT2D eigenvalue weighted by Gasteiger charge is 2.14. The fourth-order valence-corrected chi connectivity index (χ4v) is 1.34. The molecule has 0 aliphatic carbocycles. The Balaban J connectivity index is 3.06. The van der Waals surface area contributed by atoms with Gasteiger partial charge in [0.05, 0.1) is 5.69 Å². The van der Waals surface area contributed by atoms with Crippen LogP contribution in [0, 0.1) is 19.3 Å². The van der Waals surface area contributed by atoms with Crippen molar-refractivity contribution in [3.63, 3.8) is 0 Å². The lowest BCUT2D eigenvalue weighted by Crippen LogP contribution is -2.38. The van der Waals surface area contributed by atoms with Gasteiger partial charge in [0.2, 0.25) is 0 Å². The lowest BCUT2D eigenvalue weighted by Gasteiger charge is -2.14. The minimum Gasteiger partial charge on any atom is -0.507 e. The Morgan fingerprint density at radius 2 is 1.76 bits per heavy atom. The normalized spacial score (nSPS) is 9.76. The standard InChI is InChI=1S/C10H14N4O3/c1-4-6(15)3-7(16)5(2)8(4)13-10(17)14-9(11)12/h3,15-16H,1-2H3,(H5,11,12,13,14,17). The molecule has 7 N–H and O–H groups in total. The first-order valence-electron chi connectivity index (χ1n) is 4.77. The Kier molecular flexibility index (Phi) is 3.42. The van der Waals surface area contributed by atoms with Gasteiger partial charge in [-0.3, -0.25) is 10.7 Å². The Morgan fingerprint density at radius 3 is 2.18 bits per heavy atom. The molecular weight excluding hydrogens is 224 g/mol. The van der Waals surface area contributed by atoms with Crippen molar-refractivity contribution >= 4 is 17.7 Å². The van der Waals surface area contributed by atoms with E-state index in [-0.39, 0.29) is 17.2 Å². The number of nitrogens with two attached hydrogens (primary N) is 1. The van der Waals surface area contributed by atoms with E-state index in [4.69, 9.17) is 11.1 Å². The summed E-state index contributed by atoms with van der Waals surface area (Å²) in [7, 11) is 0. The molecule has 0 aromatic heterocycles. The van der Waals surface area contributed by atoms with Crippen LogP contribution in [0.15, 0.2) is 6.07 Å². The molecule has 0 spiro atoms. The van der Waals surface area contributed by atoms with Gasteiger partial charge in [-0.15, -0.1) is 0 Å². The second-order valence-corrected chi connectivity index (χ2v) is 3.53. The van der Waals surface area contributed by atoms with E-state index < -0.39 is 12.0 Å². The first-order valence-corrected chi connectivity index (χ1v) is 4.77. The predicted molar refractivity (Wildman–Crippen MR) is 63.3 cm³/mol. The number of carbonyl (C=O) groups is 1. The molecule has 0 fully saturated rings. The highest BCUT2D eigenvalue weighted by atomic mass is 16.3. The third-order valence-electron chi connectivity index (χ3n) is 2.28. The number of aromatic hydroxyl groups is 2. The molecule has 0 saturated heterocycles. The van der Waals surface area contributed by atoms with Gasteiger partial charge in [0.15, 0.2) is 5.96 Å². The average Bonchev–Trinajstić information content (AvgIpc) is 2.20. The number of carbonyl (C=O) groups excluding carboxylic acids is 1. The van der Waals surface area contributed by atoms with Gasteiger partial charge in [-0.1, -0.05) is 0 Å². The fourth-order valence-electron chi connectivity index (χ4n) is 1.34. The van der Waals surface area contributed by atoms with Crippen LogP contribution in [0.1, 0.15) is 11.1 Å². The SMILES string of the molecule is Cc1c(O)cc(O)c(C)c1NC(=O)NC(=N)N. The number of rotatable bonds is 1. The van der Waals surface area contributed by atoms with Crippen LogP contribution >= 0.6 is 0 Å². The van der Waals surface area contributed by atoms with Crippen molar-refractivity contribution in [2.45, 2.75) is 13.8 Å². The number of amides is 2. The molecule has 0 heterocycles. The van der Waals surface area contributed by atoms with Crippen molar-refractivity contribution in [1.82, 2.24) is 5.32 Å². The maximum absolute atomic E-state index is 11.3. The Bertz CT molecular complexity index is 459. The zero-order valence-corrected chi connectivity index (χ0v) is 9.46. The molecule has 7 heteroatoms. The van der Waals surface area contributed by atoms with Gasteiger partial charge >= 0.3 is 6.03 Å². The largest absolute Gasteiger partial charge is 0.507 e. The van der Waals surface area contributed by atoms with Crippen LogP contribution in [0.25, 0.3) is 0 Å². The summed E-state index contributed by atoms with van der Waals surface area (Å²) in [5, 5.41) is 30.3. The summed E-state index contributed by atoms with van der Waals surface area (Å²) in [6, 6.07) is 0.479. The van der Waals surface area contributed by atoms with E-state index in [1.165, 1.54) is 6.07 Å². The van der Waals surface area contributed by atoms with Gasteiger partial charge in [0.1, 0.15) is 11.5 Å². The molecule has 17 heavy (non-hydrogen) atoms. The molecule has 0 saturated carbocycles. The van der Waals surface area contributed by atoms with Crippen LogP contribution in [-0.2, 0) is 0 Å². The average molecular weight is 238 g/mol. The number of phenols is 2. The van der Waals surface area contributed by atoms with Crippen LogP contribution in [0.4, 0.5) is 10.5 Å². The topological polar surface area (TPSA) is 131 Å². The van der Waals surface area contributed by atoms with E-state index in [1.807, 2.05) is 5.32 Å². The lowest BCUT2D eigenvalue weighted by atomic mass is 10.1. The maximum Gasteiger partial charge on any atom is 0.326 e. The van der Waals surface area contributed by atoms with Crippen molar-refractivity contribution in [2.75, 3.05) is 5.32 Å². The van der Waals surface area contributed by atoms with E-state index in [0.29, 0.717) is 11.1 Å². The molecule has 0 unspecified atom stereocenters. The van der Waals surface area contributed by atoms with Crippen molar-refractivity contribution in [1.29, 1.82) is 5.41 Å². The zero-order valence-electron chi connectivity index (χ0n) is 9.46. The van der Waals surface area contributed by atoms with Gasteiger partial charge < -0.3 is 21.3 Å². The monoisotopic (exact) mass is 238 g/mol. The number of phenolic OH excluding ortho intramolecular Hbond substituents is 2. The molecule has 1 aromatic rings. The van der Waals surface area contributed by atoms with Crippen LogP contribution < -0.4 is 16.4 Å². The first kappa shape index (κ1) is 12.6. The third-order valence-corrected chi connectivity index (χ3v) is 2.28. The number of benzene rings is 1. The van der Waals surface area contributed by atoms with Crippen LogP contribution in [0.3, 0.4) is 0 Å². The third kappa shape index (κ3) is 2.77. The van der Waals surface area contributed by atoms with Gasteiger partial charge in [-0.25, -0.2) is 4.79 Å². The summed E-state index contributed by atoms with van der Waals surface area (Å²) < 4.78 is 0. The van der Waals surface area contributed by atoms with E-state index in [0.717, 1.165) is 0 Å². The van der Waals surface area contributed by atoms with Crippen molar-refractivity contribution in [3.8, 4) is 11.5 Å². The summed E-state index contributed by atoms with van der Waals surface area (Å²) in [4.78, 5) is 11.3. The van der Waals surface area contributed by atoms with E-state index in [1.54, 1.807) is 13.8 Å². The first-order chi connectivity index (χ1) is 7.82. The number of anilines is 1. The number of guanidine groups is 1. The number of hydrogen-bond acceptors (Lipinski definition) is 4. The summed E-state index contributed by atoms with van der Waals surface area (Å²) in [5.41, 5.74) is 6.11. The molecule has 92 valence electrons. The summed E-state index contributed by atoms with van der Waals surface area (Å²) in [5.74, 6) is -0.764. The summed E-state index contributed by atoms with van der Waals surface area (Å²) in [6.45, 7) is 3.18. The number of urea groups is 1. The summed E-state index contributed by atoms with van der Waals surface area (Å²) >= 11 is 0. The van der Waals surface area contributed by atoms with Gasteiger partial charge in [-0.05, 0) is 13.8 Å². The number of hydrogen-bond donors (Lipinski definition) is 6. The highest BCUT2D eigenvalue weighted by Crippen LogP contribution is 2.34. The second kappa shape index (κ2) is 4.60. The van der Waals surface area contributed by atoms with Crippen LogP contribution in [0.2, 0.25) is 0 Å². The molecule has 7 nitrogen and oxygen atoms in total. The molecule has 1 rings (SSSR count). The van der Waals surface area contributed by atoms with Crippen LogP contribution in [0.5, 0.6) is 11.5 Å². The van der Waals surface area contributed by atoms with Gasteiger partial charge in [0, 0.05) is 17.2 Å². The minimum atomic E-state index is -0.714. The molecule has 2 amide bonds. The van der Waals surface area contributed by atoms with Gasteiger partial charge in [0.25, 0.3) is 0 Å². The Hall–Kier alpha value is -2.44. The highest BCUT2D eigenvalue weighted by molar-refractivity contribution is 6.01. The van der Waals surface area contributed by atoms with Gasteiger partial charge in [-0.2, -0.15) is 0 Å². The van der Waals surface area contributed by atoms with Crippen molar-refractivity contribution in [2.24, 2.45) is 5.73 Å². The quantitative estimate of drug-likeness (QED) is 0.318. The fraction of sp³-hybridized carbons (Fsp3) is 0.200. The molecule has 0 aliphatic heterocycles. The molecule has 0 bridgehead atoms. The van der Waals surface area contributed by atoms with Crippen molar-refractivity contribution < 1.29 is 15.0 Å². The smallest absolute Gasteiger partial charge is 0.326 e. The predicted octanol–water partition coefficient (Wildman–Crippen LogP) is 0.730. The number of nitrogens with one attached hydrogen (secondary N) is 3. The van der Waals surface area contributed by atoms with E-state index >= 15 is 0 Å². The lowest BCUT2D eigenvalue weighted by molar-refractivity contribution is 0.256. The molecular formula is C10H14N4O3. The molecule has 0 atom stereocenters. The Labute approximate surface area is 97.8 Å². The second-order valence-electron chi connectivity index (χ2n) is 3.53. The summed E-state index contributed by atoms with van der Waals surface area (Å²) in [6.07, 6.45) is 0.